The van der Waals surface area contributed by atoms with Crippen molar-refractivity contribution in [3.8, 4) is 0 Å². The molecule has 1 aromatic carbocycles. The van der Waals surface area contributed by atoms with Gasteiger partial charge in [-0.2, -0.15) is 0 Å². The van der Waals surface area contributed by atoms with Gasteiger partial charge in [0.25, 0.3) is 0 Å². The van der Waals surface area contributed by atoms with E-state index in [4.69, 9.17) is 0 Å². The predicted octanol–water partition coefficient (Wildman–Crippen LogP) is 1.64. The van der Waals surface area contributed by atoms with Gasteiger partial charge in [-0.25, -0.2) is 0 Å². The number of anilines is 1. The Balaban J connectivity index is 2.58. The molecule has 0 aromatic heterocycles. The first-order chi connectivity index (χ1) is 5.33. The summed E-state index contributed by atoms with van der Waals surface area (Å²) in [4.78, 5) is 10.8. The van der Waals surface area contributed by atoms with E-state index < -0.39 is 0 Å². The Morgan fingerprint density at radius 3 is 3.00 bits per heavy atom. The summed E-state index contributed by atoms with van der Waals surface area (Å²) in [6, 6.07) is 10.9. The van der Waals surface area contributed by atoms with Crippen LogP contribution in [0.5, 0.6) is 0 Å². The van der Waals surface area contributed by atoms with Gasteiger partial charge in [0.05, 0.1) is 0 Å². The molecule has 0 fully saturated rings. The molecule has 0 heterocycles. The maximum atomic E-state index is 10.8. The first kappa shape index (κ1) is 7.79. The van der Waals surface area contributed by atoms with E-state index in [1.54, 1.807) is 18.2 Å². The van der Waals surface area contributed by atoms with Crippen molar-refractivity contribution in [1.29, 1.82) is 0 Å². The molecule has 2 nitrogen and oxygen atoms in total. The fourth-order valence-electron chi connectivity index (χ4n) is 0.663. The van der Waals surface area contributed by atoms with E-state index in [1.165, 1.54) is 0 Å². The van der Waals surface area contributed by atoms with E-state index in [9.17, 15) is 4.79 Å². The van der Waals surface area contributed by atoms with Crippen molar-refractivity contribution in [2.75, 3.05) is 5.32 Å². The SMILES string of the molecule is CCC(=O)Nc1[c]cc[c]c1. The van der Waals surface area contributed by atoms with Gasteiger partial charge in [0, 0.05) is 18.2 Å². The number of amides is 1. The molecule has 0 atom stereocenters. The minimum atomic E-state index is 0.000787. The van der Waals surface area contributed by atoms with Crippen LogP contribution in [0.3, 0.4) is 0 Å². The number of rotatable bonds is 2. The van der Waals surface area contributed by atoms with Gasteiger partial charge in [-0.3, -0.25) is 4.79 Å². The molecule has 1 aromatic rings. The largest absolute Gasteiger partial charge is 0.326 e. The average Bonchev–Trinajstić information content (AvgIpc) is 2.06. The number of benzene rings is 1. The van der Waals surface area contributed by atoms with Crippen molar-refractivity contribution in [1.82, 2.24) is 0 Å². The van der Waals surface area contributed by atoms with Gasteiger partial charge in [0.15, 0.2) is 0 Å². The third kappa shape index (κ3) is 2.42. The van der Waals surface area contributed by atoms with Crippen molar-refractivity contribution in [2.24, 2.45) is 0 Å². The van der Waals surface area contributed by atoms with Crippen LogP contribution < -0.4 is 5.32 Å². The van der Waals surface area contributed by atoms with Crippen LogP contribution in [0, 0.1) is 12.1 Å². The number of nitrogens with one attached hydrogen (secondary N) is 1. The van der Waals surface area contributed by atoms with Crippen molar-refractivity contribution in [3.63, 3.8) is 0 Å². The smallest absolute Gasteiger partial charge is 0.224 e. The van der Waals surface area contributed by atoms with Crippen LogP contribution in [0.2, 0.25) is 0 Å². The van der Waals surface area contributed by atoms with Gasteiger partial charge in [0.2, 0.25) is 5.91 Å². The van der Waals surface area contributed by atoms with E-state index in [0.717, 1.165) is 0 Å². The molecule has 0 aliphatic rings. The molecule has 11 heavy (non-hydrogen) atoms. The van der Waals surface area contributed by atoms with Crippen molar-refractivity contribution >= 4 is 11.6 Å². The summed E-state index contributed by atoms with van der Waals surface area (Å²) in [6.07, 6.45) is 0.489. The lowest BCUT2D eigenvalue weighted by atomic mass is 10.3. The number of carbonyl (C=O) groups excluding carboxylic acids is 1. The molecule has 1 N–H and O–H groups in total. The highest BCUT2D eigenvalue weighted by Crippen LogP contribution is 2.03. The van der Waals surface area contributed by atoms with Crippen LogP contribution in [-0.2, 0) is 4.79 Å². The lowest BCUT2D eigenvalue weighted by Crippen LogP contribution is -2.08. The molecule has 0 saturated carbocycles. The number of hydrogen-bond donors (Lipinski definition) is 1. The van der Waals surface area contributed by atoms with E-state index in [2.05, 4.69) is 17.4 Å². The normalized spacial score (nSPS) is 9.18. The lowest BCUT2D eigenvalue weighted by Gasteiger charge is -2.00. The molecular weight excluding hydrogens is 138 g/mol. The van der Waals surface area contributed by atoms with Crippen LogP contribution in [-0.4, -0.2) is 5.91 Å². The topological polar surface area (TPSA) is 29.1 Å². The number of carbonyl (C=O) groups is 1. The predicted molar refractivity (Wildman–Crippen MR) is 43.0 cm³/mol. The molecule has 2 radical (unpaired) electrons. The first-order valence-corrected chi connectivity index (χ1v) is 3.50. The summed E-state index contributed by atoms with van der Waals surface area (Å²) in [5.41, 5.74) is 0.680. The fraction of sp³-hybridized carbons (Fsp3) is 0.222. The maximum absolute atomic E-state index is 10.8. The molecular formula is C9H9NO. The Morgan fingerprint density at radius 1 is 1.64 bits per heavy atom. The second kappa shape index (κ2) is 3.76. The second-order valence-electron chi connectivity index (χ2n) is 2.10. The zero-order chi connectivity index (χ0) is 8.10. The molecule has 1 rings (SSSR count). The van der Waals surface area contributed by atoms with E-state index in [-0.39, 0.29) is 5.91 Å². The highest BCUT2D eigenvalue weighted by Gasteiger charge is 1.95. The summed E-state index contributed by atoms with van der Waals surface area (Å²) in [5.74, 6) is 0.000787. The average molecular weight is 147 g/mol. The third-order valence-corrected chi connectivity index (χ3v) is 1.24. The van der Waals surface area contributed by atoms with Gasteiger partial charge in [-0.05, 0) is 12.1 Å². The molecule has 0 aliphatic carbocycles. The van der Waals surface area contributed by atoms with Gasteiger partial charge in [-0.1, -0.05) is 19.1 Å². The van der Waals surface area contributed by atoms with Gasteiger partial charge in [0.1, 0.15) is 0 Å². The minimum absolute atomic E-state index is 0.000787. The van der Waals surface area contributed by atoms with Crippen molar-refractivity contribution in [3.05, 3.63) is 30.3 Å². The maximum Gasteiger partial charge on any atom is 0.224 e. The Bertz CT molecular complexity index is 231. The Kier molecular flexibility index (Phi) is 2.66. The summed E-state index contributed by atoms with van der Waals surface area (Å²) in [7, 11) is 0. The van der Waals surface area contributed by atoms with Crippen LogP contribution in [0.25, 0.3) is 0 Å². The van der Waals surface area contributed by atoms with Crippen LogP contribution in [0.1, 0.15) is 13.3 Å². The van der Waals surface area contributed by atoms with E-state index >= 15 is 0 Å². The summed E-state index contributed by atoms with van der Waals surface area (Å²) < 4.78 is 0. The molecule has 0 spiro atoms. The molecule has 2 heteroatoms. The standard InChI is InChI=1S/C9H9NO/c1-2-9(11)10-8-6-4-3-5-7-8/h3-4,7H,2H2,1H3,(H,10,11). The summed E-state index contributed by atoms with van der Waals surface area (Å²) in [5, 5.41) is 2.67. The molecule has 0 saturated heterocycles. The molecule has 0 bridgehead atoms. The molecule has 1 amide bonds. The van der Waals surface area contributed by atoms with Gasteiger partial charge >= 0.3 is 0 Å². The zero-order valence-corrected chi connectivity index (χ0v) is 6.35. The monoisotopic (exact) mass is 147 g/mol. The van der Waals surface area contributed by atoms with E-state index in [0.29, 0.717) is 12.1 Å². The second-order valence-corrected chi connectivity index (χ2v) is 2.10. The number of hydrogen-bond acceptors (Lipinski definition) is 1. The van der Waals surface area contributed by atoms with Crippen LogP contribution >= 0.6 is 0 Å². The third-order valence-electron chi connectivity index (χ3n) is 1.24. The van der Waals surface area contributed by atoms with Gasteiger partial charge in [-0.15, -0.1) is 0 Å². The van der Waals surface area contributed by atoms with Crippen LogP contribution in [0.15, 0.2) is 18.2 Å². The molecule has 56 valence electrons. The highest BCUT2D eigenvalue weighted by molar-refractivity contribution is 5.90. The Hall–Kier alpha value is -1.31. The highest BCUT2D eigenvalue weighted by atomic mass is 16.1. The van der Waals surface area contributed by atoms with Crippen molar-refractivity contribution in [2.45, 2.75) is 13.3 Å². The van der Waals surface area contributed by atoms with Crippen molar-refractivity contribution < 1.29 is 4.79 Å². The Morgan fingerprint density at radius 2 is 2.45 bits per heavy atom. The van der Waals surface area contributed by atoms with E-state index in [1.807, 2.05) is 6.92 Å². The fourth-order valence-corrected chi connectivity index (χ4v) is 0.663. The quantitative estimate of drug-likeness (QED) is 0.676. The Labute approximate surface area is 66.2 Å². The minimum Gasteiger partial charge on any atom is -0.326 e. The van der Waals surface area contributed by atoms with Crippen LogP contribution in [0.4, 0.5) is 5.69 Å². The molecule has 0 unspecified atom stereocenters. The molecule has 0 aliphatic heterocycles. The zero-order valence-electron chi connectivity index (χ0n) is 6.35. The van der Waals surface area contributed by atoms with Gasteiger partial charge < -0.3 is 5.32 Å². The summed E-state index contributed by atoms with van der Waals surface area (Å²) in [6.45, 7) is 1.81. The summed E-state index contributed by atoms with van der Waals surface area (Å²) >= 11 is 0. The lowest BCUT2D eigenvalue weighted by molar-refractivity contribution is -0.115. The first-order valence-electron chi connectivity index (χ1n) is 3.50.